The fourth-order valence-electron chi connectivity index (χ4n) is 3.62. The second kappa shape index (κ2) is 5.60. The van der Waals surface area contributed by atoms with Gasteiger partial charge in [0.05, 0.1) is 0 Å². The third kappa shape index (κ3) is 2.24. The summed E-state index contributed by atoms with van der Waals surface area (Å²) in [5, 5.41) is 10.3. The van der Waals surface area contributed by atoms with Crippen LogP contribution in [0.2, 0.25) is 0 Å². The zero-order valence-corrected chi connectivity index (χ0v) is 14.3. The van der Waals surface area contributed by atoms with Gasteiger partial charge in [0.2, 0.25) is 0 Å². The number of carbonyl (C=O) groups is 2. The third-order valence-corrected chi connectivity index (χ3v) is 6.11. The van der Waals surface area contributed by atoms with Crippen molar-refractivity contribution in [3.05, 3.63) is 65.8 Å². The van der Waals surface area contributed by atoms with Crippen molar-refractivity contribution >= 4 is 27.5 Å². The molecular formula is C19H17BrO3. The summed E-state index contributed by atoms with van der Waals surface area (Å²) in [6, 6.07) is 6.92. The van der Waals surface area contributed by atoms with E-state index in [2.05, 4.69) is 22.5 Å². The van der Waals surface area contributed by atoms with Crippen molar-refractivity contribution in [1.29, 1.82) is 0 Å². The molecule has 0 saturated heterocycles. The van der Waals surface area contributed by atoms with Crippen molar-refractivity contribution in [1.82, 2.24) is 0 Å². The number of rotatable bonds is 2. The van der Waals surface area contributed by atoms with E-state index in [1.54, 1.807) is 31.2 Å². The van der Waals surface area contributed by atoms with Crippen LogP contribution in [0.25, 0.3) is 0 Å². The summed E-state index contributed by atoms with van der Waals surface area (Å²) in [7, 11) is 0. The summed E-state index contributed by atoms with van der Waals surface area (Å²) in [6.45, 7) is 5.50. The molecular weight excluding hydrogens is 356 g/mol. The SMILES string of the molecule is C=CC1=CC[C@H]2C(=O)C=C(C)C(=O)[C@@]2(Br)[C@H]1c1ccccc1O. The number of halogens is 1. The lowest BCUT2D eigenvalue weighted by atomic mass is 9.62. The van der Waals surface area contributed by atoms with Gasteiger partial charge in [-0.25, -0.2) is 0 Å². The summed E-state index contributed by atoms with van der Waals surface area (Å²) in [4.78, 5) is 25.4. The summed E-state index contributed by atoms with van der Waals surface area (Å²) in [5.74, 6) is -0.995. The number of phenols is 1. The molecule has 0 amide bonds. The fourth-order valence-corrected chi connectivity index (χ4v) is 4.86. The second-order valence-corrected chi connectivity index (χ2v) is 7.33. The number of benzene rings is 1. The molecule has 1 N–H and O–H groups in total. The van der Waals surface area contributed by atoms with Gasteiger partial charge < -0.3 is 5.11 Å². The molecule has 0 aromatic heterocycles. The summed E-state index contributed by atoms with van der Waals surface area (Å²) < 4.78 is -1.08. The van der Waals surface area contributed by atoms with Crippen molar-refractivity contribution in [2.24, 2.45) is 5.92 Å². The maximum absolute atomic E-state index is 13.0. The minimum absolute atomic E-state index is 0.0567. The van der Waals surface area contributed by atoms with Gasteiger partial charge in [-0.15, -0.1) is 0 Å². The van der Waals surface area contributed by atoms with Crippen LogP contribution in [-0.4, -0.2) is 21.0 Å². The number of phenolic OH excluding ortho intramolecular Hbond substituents is 1. The number of allylic oxidation sites excluding steroid dienone is 5. The lowest BCUT2D eigenvalue weighted by Crippen LogP contribution is -2.53. The highest BCUT2D eigenvalue weighted by atomic mass is 79.9. The van der Waals surface area contributed by atoms with E-state index in [1.807, 2.05) is 12.1 Å². The number of Topliss-reactive ketones (excluding diaryl/α,β-unsaturated/α-hetero) is 1. The van der Waals surface area contributed by atoms with E-state index >= 15 is 0 Å². The molecule has 3 nitrogen and oxygen atoms in total. The highest BCUT2D eigenvalue weighted by Crippen LogP contribution is 2.55. The molecule has 0 radical (unpaired) electrons. The first kappa shape index (κ1) is 15.9. The molecule has 4 heteroatoms. The second-order valence-electron chi connectivity index (χ2n) is 6.02. The van der Waals surface area contributed by atoms with E-state index in [-0.39, 0.29) is 17.3 Å². The number of aromatic hydroxyl groups is 1. The largest absolute Gasteiger partial charge is 0.508 e. The minimum atomic E-state index is -1.08. The number of carbonyl (C=O) groups excluding carboxylic acids is 2. The molecule has 0 aliphatic heterocycles. The van der Waals surface area contributed by atoms with Gasteiger partial charge in [-0.3, -0.25) is 9.59 Å². The minimum Gasteiger partial charge on any atom is -0.508 e. The number of hydrogen-bond acceptors (Lipinski definition) is 3. The first-order valence-corrected chi connectivity index (χ1v) is 8.26. The highest BCUT2D eigenvalue weighted by Gasteiger charge is 2.57. The Hall–Kier alpha value is -1.94. The van der Waals surface area contributed by atoms with Crippen LogP contribution < -0.4 is 0 Å². The molecule has 0 unspecified atom stereocenters. The van der Waals surface area contributed by atoms with Crippen LogP contribution in [0.1, 0.15) is 24.8 Å². The van der Waals surface area contributed by atoms with Gasteiger partial charge >= 0.3 is 0 Å². The van der Waals surface area contributed by atoms with E-state index in [9.17, 15) is 14.7 Å². The lowest BCUT2D eigenvalue weighted by molar-refractivity contribution is -0.128. The standard InChI is InChI=1S/C19H17BrO3/c1-3-12-8-9-14-16(22)10-11(2)18(23)19(14,20)17(12)13-6-4-5-7-15(13)21/h3-8,10,14,17,21H,1,9H2,2H3/t14-,17+,19-/m0/s1. The van der Waals surface area contributed by atoms with Crippen LogP contribution in [-0.2, 0) is 9.59 Å². The summed E-state index contributed by atoms with van der Waals surface area (Å²) in [6.07, 6.45) is 5.54. The number of para-hydroxylation sites is 1. The van der Waals surface area contributed by atoms with Crippen LogP contribution in [0.5, 0.6) is 5.75 Å². The van der Waals surface area contributed by atoms with E-state index in [1.165, 1.54) is 6.08 Å². The van der Waals surface area contributed by atoms with Crippen molar-refractivity contribution in [2.45, 2.75) is 23.6 Å². The quantitative estimate of drug-likeness (QED) is 0.802. The summed E-state index contributed by atoms with van der Waals surface area (Å²) in [5.41, 5.74) is 1.90. The molecule has 3 rings (SSSR count). The zero-order valence-electron chi connectivity index (χ0n) is 12.8. The first-order valence-electron chi connectivity index (χ1n) is 7.47. The third-order valence-electron chi connectivity index (χ3n) is 4.74. The Kier molecular flexibility index (Phi) is 3.88. The Morgan fingerprint density at radius 3 is 2.70 bits per heavy atom. The topological polar surface area (TPSA) is 54.4 Å². The number of hydrogen-bond donors (Lipinski definition) is 1. The smallest absolute Gasteiger partial charge is 0.177 e. The predicted molar refractivity (Wildman–Crippen MR) is 92.7 cm³/mol. The molecule has 0 spiro atoms. The normalized spacial score (nSPS) is 30.3. The maximum Gasteiger partial charge on any atom is 0.177 e. The van der Waals surface area contributed by atoms with Gasteiger partial charge in [-0.2, -0.15) is 0 Å². The van der Waals surface area contributed by atoms with Crippen LogP contribution in [0, 0.1) is 5.92 Å². The Bertz CT molecular complexity index is 775. The maximum atomic E-state index is 13.0. The molecule has 2 aliphatic carbocycles. The number of alkyl halides is 1. The van der Waals surface area contributed by atoms with Gasteiger partial charge in [0, 0.05) is 17.4 Å². The molecule has 118 valence electrons. The Morgan fingerprint density at radius 1 is 1.35 bits per heavy atom. The molecule has 1 aromatic rings. The van der Waals surface area contributed by atoms with Crippen molar-refractivity contribution in [3.8, 4) is 5.75 Å². The average molecular weight is 373 g/mol. The van der Waals surface area contributed by atoms with E-state index in [0.29, 0.717) is 17.6 Å². The molecule has 3 atom stereocenters. The van der Waals surface area contributed by atoms with Crippen LogP contribution >= 0.6 is 15.9 Å². The molecule has 0 saturated carbocycles. The monoisotopic (exact) mass is 372 g/mol. The summed E-state index contributed by atoms with van der Waals surface area (Å²) >= 11 is 3.63. The van der Waals surface area contributed by atoms with Crippen LogP contribution in [0.3, 0.4) is 0 Å². The molecule has 0 heterocycles. The molecule has 0 bridgehead atoms. The van der Waals surface area contributed by atoms with Gasteiger partial charge in [-0.05, 0) is 36.6 Å². The average Bonchev–Trinajstić information content (AvgIpc) is 2.53. The van der Waals surface area contributed by atoms with Gasteiger partial charge in [0.15, 0.2) is 11.6 Å². The molecule has 1 aromatic carbocycles. The van der Waals surface area contributed by atoms with E-state index in [4.69, 9.17) is 0 Å². The lowest BCUT2D eigenvalue weighted by Gasteiger charge is -2.45. The van der Waals surface area contributed by atoms with Gasteiger partial charge in [-0.1, -0.05) is 52.9 Å². The van der Waals surface area contributed by atoms with Crippen molar-refractivity contribution in [2.75, 3.05) is 0 Å². The van der Waals surface area contributed by atoms with Crippen LogP contribution in [0.4, 0.5) is 0 Å². The van der Waals surface area contributed by atoms with Gasteiger partial charge in [0.1, 0.15) is 10.1 Å². The fraction of sp³-hybridized carbons (Fsp3) is 0.263. The molecule has 0 fully saturated rings. The zero-order chi connectivity index (χ0) is 16.8. The first-order chi connectivity index (χ1) is 10.9. The number of fused-ring (bicyclic) bond motifs is 1. The molecule has 23 heavy (non-hydrogen) atoms. The number of ketones is 2. The van der Waals surface area contributed by atoms with E-state index < -0.39 is 16.2 Å². The highest BCUT2D eigenvalue weighted by molar-refractivity contribution is 9.10. The van der Waals surface area contributed by atoms with Gasteiger partial charge in [0.25, 0.3) is 0 Å². The van der Waals surface area contributed by atoms with Crippen LogP contribution in [0.15, 0.2) is 60.2 Å². The van der Waals surface area contributed by atoms with Crippen molar-refractivity contribution < 1.29 is 14.7 Å². The van der Waals surface area contributed by atoms with E-state index in [0.717, 1.165) is 5.57 Å². The Balaban J connectivity index is 2.27. The predicted octanol–water partition coefficient (Wildman–Crippen LogP) is 3.84. The van der Waals surface area contributed by atoms with Crippen molar-refractivity contribution in [3.63, 3.8) is 0 Å². The molecule has 2 aliphatic rings. The Morgan fingerprint density at radius 2 is 2.04 bits per heavy atom. The Labute approximate surface area is 143 Å².